The number of rotatable bonds is 7. The standard InChI is InChI=1S/C27H27ClFN5O2/c1-16-11-30-13-23(28)27(16)17(2)36-21-5-6-25-22(9-21)26(33-32-25)10-24(29)18-3-4-19(31-12-18)14-34-8-7-20(35)15-34/h3-6,9-13,17,20,35H,7-8,14-15H2,1-2H3,(H,32,33)/b24-10-/t17-,20?/m0/s1. The van der Waals surface area contributed by atoms with E-state index in [1.165, 1.54) is 12.3 Å². The molecule has 2 atom stereocenters. The number of likely N-dealkylation sites (tertiary alicyclic amines) is 1. The summed E-state index contributed by atoms with van der Waals surface area (Å²) in [5.41, 5.74) is 4.28. The van der Waals surface area contributed by atoms with Crippen LogP contribution in [-0.2, 0) is 6.54 Å². The minimum atomic E-state index is -0.421. The lowest BCUT2D eigenvalue weighted by molar-refractivity contribution is 0.174. The number of pyridine rings is 2. The largest absolute Gasteiger partial charge is 0.486 e. The van der Waals surface area contributed by atoms with Gasteiger partial charge in [-0.3, -0.25) is 20.0 Å². The van der Waals surface area contributed by atoms with Crippen molar-refractivity contribution in [1.29, 1.82) is 0 Å². The molecule has 0 amide bonds. The van der Waals surface area contributed by atoms with Crippen LogP contribution in [-0.4, -0.2) is 49.4 Å². The number of β-amino-alcohol motifs (C(OH)–C–C–N with tert-alkyl or cyclic N) is 1. The number of nitrogens with one attached hydrogen (secondary N) is 1. The summed E-state index contributed by atoms with van der Waals surface area (Å²) in [5, 5.41) is 18.2. The van der Waals surface area contributed by atoms with Crippen LogP contribution in [0.2, 0.25) is 5.02 Å². The van der Waals surface area contributed by atoms with E-state index in [-0.39, 0.29) is 12.2 Å². The van der Waals surface area contributed by atoms with Crippen LogP contribution in [0.4, 0.5) is 4.39 Å². The highest BCUT2D eigenvalue weighted by molar-refractivity contribution is 6.31. The van der Waals surface area contributed by atoms with Gasteiger partial charge in [-0.2, -0.15) is 5.10 Å². The summed E-state index contributed by atoms with van der Waals surface area (Å²) in [7, 11) is 0. The molecule has 186 valence electrons. The maximum atomic E-state index is 15.1. The summed E-state index contributed by atoms with van der Waals surface area (Å²) in [6.45, 7) is 5.99. The van der Waals surface area contributed by atoms with Crippen LogP contribution in [0.3, 0.4) is 0 Å². The van der Waals surface area contributed by atoms with Crippen molar-refractivity contribution in [3.05, 3.63) is 82.0 Å². The van der Waals surface area contributed by atoms with Gasteiger partial charge in [-0.05, 0) is 56.2 Å². The second-order valence-corrected chi connectivity index (χ2v) is 9.54. The number of aromatic amines is 1. The number of aliphatic hydroxyl groups excluding tert-OH is 1. The summed E-state index contributed by atoms with van der Waals surface area (Å²) in [4.78, 5) is 10.6. The van der Waals surface area contributed by atoms with Gasteiger partial charge in [0.15, 0.2) is 0 Å². The average Bonchev–Trinajstić information content (AvgIpc) is 3.44. The predicted molar refractivity (Wildman–Crippen MR) is 138 cm³/mol. The van der Waals surface area contributed by atoms with Gasteiger partial charge in [0, 0.05) is 60.8 Å². The zero-order chi connectivity index (χ0) is 25.2. The molecule has 1 aliphatic heterocycles. The van der Waals surface area contributed by atoms with Gasteiger partial charge in [0.05, 0.1) is 28.0 Å². The lowest BCUT2D eigenvalue weighted by atomic mass is 10.1. The van der Waals surface area contributed by atoms with Crippen molar-refractivity contribution in [3.8, 4) is 5.75 Å². The SMILES string of the molecule is Cc1cncc(Cl)c1[C@H](C)Oc1ccc2n[nH]c(/C=C(\F)c3ccc(CN4CCC(O)C4)nc3)c2c1. The van der Waals surface area contributed by atoms with E-state index in [2.05, 4.69) is 25.1 Å². The summed E-state index contributed by atoms with van der Waals surface area (Å²) >= 11 is 6.34. The van der Waals surface area contributed by atoms with Crippen molar-refractivity contribution in [3.63, 3.8) is 0 Å². The molecule has 1 unspecified atom stereocenters. The van der Waals surface area contributed by atoms with Crippen LogP contribution in [0.5, 0.6) is 5.75 Å². The predicted octanol–water partition coefficient (Wildman–Crippen LogP) is 5.49. The fourth-order valence-corrected chi connectivity index (χ4v) is 4.93. The van der Waals surface area contributed by atoms with Crippen molar-refractivity contribution in [1.82, 2.24) is 25.1 Å². The zero-order valence-electron chi connectivity index (χ0n) is 20.1. The molecule has 3 aromatic heterocycles. The molecule has 1 aromatic carbocycles. The summed E-state index contributed by atoms with van der Waals surface area (Å²) in [6, 6.07) is 9.03. The molecule has 0 spiro atoms. The number of hydrogen-bond donors (Lipinski definition) is 2. The highest BCUT2D eigenvalue weighted by atomic mass is 35.5. The van der Waals surface area contributed by atoms with Crippen LogP contribution in [0.15, 0.2) is 48.9 Å². The maximum Gasteiger partial charge on any atom is 0.134 e. The maximum absolute atomic E-state index is 15.1. The number of ether oxygens (including phenoxy) is 1. The number of hydrogen-bond acceptors (Lipinski definition) is 6. The fourth-order valence-electron chi connectivity index (χ4n) is 4.57. The average molecular weight is 508 g/mol. The van der Waals surface area contributed by atoms with Crippen molar-refractivity contribution in [2.45, 2.75) is 39.0 Å². The fraction of sp³-hybridized carbons (Fsp3) is 0.296. The van der Waals surface area contributed by atoms with Crippen LogP contribution in [0.25, 0.3) is 22.8 Å². The molecule has 0 aliphatic carbocycles. The number of benzene rings is 1. The molecule has 1 aliphatic rings. The van der Waals surface area contributed by atoms with E-state index in [9.17, 15) is 5.11 Å². The Labute approximate surface area is 213 Å². The zero-order valence-corrected chi connectivity index (χ0v) is 20.8. The molecule has 2 N–H and O–H groups in total. The van der Waals surface area contributed by atoms with Crippen LogP contribution in [0, 0.1) is 6.92 Å². The monoisotopic (exact) mass is 507 g/mol. The normalized spacial score (nSPS) is 17.6. The number of fused-ring (bicyclic) bond motifs is 1. The Morgan fingerprint density at radius 2 is 2.17 bits per heavy atom. The van der Waals surface area contributed by atoms with E-state index in [0.717, 1.165) is 35.2 Å². The Hall–Kier alpha value is -3.33. The van der Waals surface area contributed by atoms with E-state index in [1.807, 2.05) is 38.1 Å². The minimum Gasteiger partial charge on any atom is -0.486 e. The molecule has 36 heavy (non-hydrogen) atoms. The number of halogens is 2. The highest BCUT2D eigenvalue weighted by Gasteiger charge is 2.20. The third-order valence-corrected chi connectivity index (χ3v) is 6.72. The Morgan fingerprint density at radius 3 is 2.89 bits per heavy atom. The topological polar surface area (TPSA) is 87.2 Å². The van der Waals surface area contributed by atoms with E-state index >= 15 is 4.39 Å². The summed E-state index contributed by atoms with van der Waals surface area (Å²) in [5.74, 6) is 0.201. The van der Waals surface area contributed by atoms with Gasteiger partial charge in [0.1, 0.15) is 17.7 Å². The van der Waals surface area contributed by atoms with Gasteiger partial charge in [-0.1, -0.05) is 11.6 Å². The molecule has 4 aromatic rings. The lowest BCUT2D eigenvalue weighted by Crippen LogP contribution is -2.21. The van der Waals surface area contributed by atoms with Crippen molar-refractivity contribution >= 4 is 34.4 Å². The molecule has 5 rings (SSSR count). The summed E-state index contributed by atoms with van der Waals surface area (Å²) < 4.78 is 21.3. The van der Waals surface area contributed by atoms with Gasteiger partial charge in [-0.25, -0.2) is 4.39 Å². The first-order chi connectivity index (χ1) is 17.4. The third kappa shape index (κ3) is 5.26. The van der Waals surface area contributed by atoms with Gasteiger partial charge < -0.3 is 9.84 Å². The minimum absolute atomic E-state index is 0.277. The molecule has 4 heterocycles. The van der Waals surface area contributed by atoms with Gasteiger partial charge >= 0.3 is 0 Å². The number of aryl methyl sites for hydroxylation is 1. The molecule has 7 nitrogen and oxygen atoms in total. The molecular weight excluding hydrogens is 481 g/mol. The lowest BCUT2D eigenvalue weighted by Gasteiger charge is -2.18. The third-order valence-electron chi connectivity index (χ3n) is 6.42. The second-order valence-electron chi connectivity index (χ2n) is 9.14. The van der Waals surface area contributed by atoms with Crippen LogP contribution < -0.4 is 4.74 Å². The van der Waals surface area contributed by atoms with Gasteiger partial charge in [0.2, 0.25) is 0 Å². The quantitative estimate of drug-likeness (QED) is 0.344. The first-order valence-corrected chi connectivity index (χ1v) is 12.2. The molecule has 9 heteroatoms. The number of H-pyrrole nitrogens is 1. The first-order valence-electron chi connectivity index (χ1n) is 11.8. The van der Waals surface area contributed by atoms with Crippen molar-refractivity contribution in [2.24, 2.45) is 0 Å². The first kappa shape index (κ1) is 24.4. The molecule has 0 saturated carbocycles. The molecule has 0 radical (unpaired) electrons. The van der Waals surface area contributed by atoms with E-state index in [4.69, 9.17) is 16.3 Å². The smallest absolute Gasteiger partial charge is 0.134 e. The van der Waals surface area contributed by atoms with E-state index in [0.29, 0.717) is 40.6 Å². The molecule has 0 bridgehead atoms. The molecular formula is C27H27ClFN5O2. The van der Waals surface area contributed by atoms with Crippen molar-refractivity contribution in [2.75, 3.05) is 13.1 Å². The summed E-state index contributed by atoms with van der Waals surface area (Å²) in [6.07, 6.45) is 6.51. The number of aromatic nitrogens is 4. The Morgan fingerprint density at radius 1 is 1.31 bits per heavy atom. The van der Waals surface area contributed by atoms with Crippen LogP contribution in [0.1, 0.15) is 47.5 Å². The Kier molecular flexibility index (Phi) is 7.00. The molecule has 1 fully saturated rings. The van der Waals surface area contributed by atoms with Crippen molar-refractivity contribution < 1.29 is 14.2 Å². The van der Waals surface area contributed by atoms with Gasteiger partial charge in [-0.15, -0.1) is 0 Å². The number of aliphatic hydroxyl groups is 1. The second kappa shape index (κ2) is 10.3. The molecule has 1 saturated heterocycles. The Balaban J connectivity index is 1.34. The highest BCUT2D eigenvalue weighted by Crippen LogP contribution is 2.32. The van der Waals surface area contributed by atoms with E-state index < -0.39 is 5.83 Å². The Bertz CT molecular complexity index is 1390. The van der Waals surface area contributed by atoms with Crippen LogP contribution >= 0.6 is 11.6 Å². The number of nitrogens with zero attached hydrogens (tertiary/aromatic N) is 4. The van der Waals surface area contributed by atoms with Gasteiger partial charge in [0.25, 0.3) is 0 Å². The van der Waals surface area contributed by atoms with E-state index in [1.54, 1.807) is 18.5 Å².